The van der Waals surface area contributed by atoms with Gasteiger partial charge in [0.15, 0.2) is 0 Å². The van der Waals surface area contributed by atoms with Crippen molar-refractivity contribution in [2.75, 3.05) is 20.2 Å². The Bertz CT molecular complexity index is 534. The normalized spacial score (nSPS) is 13.4. The maximum absolute atomic E-state index is 12.2. The maximum Gasteiger partial charge on any atom is 0.242 e. The fourth-order valence-corrected chi connectivity index (χ4v) is 3.38. The molecule has 0 aliphatic carbocycles. The third-order valence-corrected chi connectivity index (χ3v) is 4.58. The van der Waals surface area contributed by atoms with E-state index < -0.39 is 10.0 Å². The Morgan fingerprint density at radius 2 is 2.10 bits per heavy atom. The van der Waals surface area contributed by atoms with Crippen LogP contribution in [-0.2, 0) is 21.3 Å². The minimum absolute atomic E-state index is 0.0932. The van der Waals surface area contributed by atoms with Gasteiger partial charge in [-0.1, -0.05) is 17.7 Å². The second-order valence-electron chi connectivity index (χ2n) is 4.41. The summed E-state index contributed by atoms with van der Waals surface area (Å²) in [5.41, 5.74) is 0.857. The highest BCUT2D eigenvalue weighted by molar-refractivity contribution is 7.89. The Balaban J connectivity index is 2.88. The molecule has 0 saturated heterocycles. The molecule has 0 fully saturated rings. The van der Waals surface area contributed by atoms with Crippen molar-refractivity contribution >= 4 is 21.6 Å². The number of sulfonamides is 1. The highest BCUT2D eigenvalue weighted by Crippen LogP contribution is 2.22. The zero-order valence-electron chi connectivity index (χ0n) is 11.9. The van der Waals surface area contributed by atoms with Gasteiger partial charge < -0.3 is 10.1 Å². The predicted molar refractivity (Wildman–Crippen MR) is 80.5 cm³/mol. The summed E-state index contributed by atoms with van der Waals surface area (Å²) in [4.78, 5) is 0.0932. The molecule has 20 heavy (non-hydrogen) atoms. The summed E-state index contributed by atoms with van der Waals surface area (Å²) in [6.07, 6.45) is -0.186. The minimum atomic E-state index is -3.63. The van der Waals surface area contributed by atoms with Gasteiger partial charge in [-0.25, -0.2) is 13.1 Å². The van der Waals surface area contributed by atoms with E-state index >= 15 is 0 Å². The monoisotopic (exact) mass is 320 g/mol. The van der Waals surface area contributed by atoms with Crippen molar-refractivity contribution in [3.63, 3.8) is 0 Å². The zero-order chi connectivity index (χ0) is 15.2. The van der Waals surface area contributed by atoms with E-state index in [1.54, 1.807) is 25.2 Å². The zero-order valence-corrected chi connectivity index (χ0v) is 13.5. The first-order valence-electron chi connectivity index (χ1n) is 6.45. The predicted octanol–water partition coefficient (Wildman–Crippen LogP) is 1.76. The third-order valence-electron chi connectivity index (χ3n) is 2.68. The lowest BCUT2D eigenvalue weighted by molar-refractivity contribution is 0.0799. The summed E-state index contributed by atoms with van der Waals surface area (Å²) >= 11 is 5.99. The molecule has 1 aromatic rings. The molecule has 114 valence electrons. The number of hydrogen-bond acceptors (Lipinski definition) is 4. The first-order chi connectivity index (χ1) is 9.40. The third kappa shape index (κ3) is 5.03. The van der Waals surface area contributed by atoms with Gasteiger partial charge in [-0.05, 0) is 38.6 Å². The molecule has 1 rings (SSSR count). The van der Waals surface area contributed by atoms with Crippen LogP contribution in [0.4, 0.5) is 0 Å². The Hall–Kier alpha value is -0.660. The SMILES string of the molecule is CCOC(C)CNS(=O)(=O)c1cc(CNC)ccc1Cl. The highest BCUT2D eigenvalue weighted by atomic mass is 35.5. The molecule has 1 unspecified atom stereocenters. The first-order valence-corrected chi connectivity index (χ1v) is 8.31. The van der Waals surface area contributed by atoms with Gasteiger partial charge in [0, 0.05) is 19.7 Å². The Morgan fingerprint density at radius 3 is 2.70 bits per heavy atom. The van der Waals surface area contributed by atoms with E-state index in [-0.39, 0.29) is 22.6 Å². The molecule has 0 aliphatic rings. The van der Waals surface area contributed by atoms with Crippen LogP contribution in [0.5, 0.6) is 0 Å². The molecule has 0 heterocycles. The number of halogens is 1. The molecule has 1 atom stereocenters. The fourth-order valence-electron chi connectivity index (χ4n) is 1.72. The molecule has 7 heteroatoms. The number of ether oxygens (including phenoxy) is 1. The van der Waals surface area contributed by atoms with Crippen molar-refractivity contribution < 1.29 is 13.2 Å². The molecule has 2 N–H and O–H groups in total. The second kappa shape index (κ2) is 7.95. The molecule has 0 radical (unpaired) electrons. The van der Waals surface area contributed by atoms with Crippen molar-refractivity contribution in [2.45, 2.75) is 31.4 Å². The Morgan fingerprint density at radius 1 is 1.40 bits per heavy atom. The Kier molecular flexibility index (Phi) is 6.91. The van der Waals surface area contributed by atoms with Crippen LogP contribution < -0.4 is 10.0 Å². The topological polar surface area (TPSA) is 67.4 Å². The first kappa shape index (κ1) is 17.4. The molecule has 5 nitrogen and oxygen atoms in total. The fraction of sp³-hybridized carbons (Fsp3) is 0.538. The smallest absolute Gasteiger partial charge is 0.242 e. The van der Waals surface area contributed by atoms with Gasteiger partial charge in [-0.3, -0.25) is 0 Å². The van der Waals surface area contributed by atoms with Crippen molar-refractivity contribution in [2.24, 2.45) is 0 Å². The van der Waals surface area contributed by atoms with Crippen LogP contribution in [0.3, 0.4) is 0 Å². The van der Waals surface area contributed by atoms with Crippen LogP contribution in [0.15, 0.2) is 23.1 Å². The maximum atomic E-state index is 12.2. The van der Waals surface area contributed by atoms with Crippen LogP contribution in [0, 0.1) is 0 Å². The van der Waals surface area contributed by atoms with Crippen LogP contribution in [0.1, 0.15) is 19.4 Å². The summed E-state index contributed by atoms with van der Waals surface area (Å²) < 4.78 is 32.3. The summed E-state index contributed by atoms with van der Waals surface area (Å²) in [5, 5.41) is 3.18. The molecule has 0 bridgehead atoms. The van der Waals surface area contributed by atoms with Gasteiger partial charge >= 0.3 is 0 Å². The summed E-state index contributed by atoms with van der Waals surface area (Å²) in [5.74, 6) is 0. The average Bonchev–Trinajstić information content (AvgIpc) is 2.39. The van der Waals surface area contributed by atoms with Gasteiger partial charge in [0.05, 0.1) is 11.1 Å². The van der Waals surface area contributed by atoms with E-state index in [4.69, 9.17) is 16.3 Å². The van der Waals surface area contributed by atoms with Gasteiger partial charge in [-0.2, -0.15) is 0 Å². The van der Waals surface area contributed by atoms with Gasteiger partial charge in [0.25, 0.3) is 0 Å². The molecule has 0 saturated carbocycles. The van der Waals surface area contributed by atoms with Crippen molar-refractivity contribution in [3.05, 3.63) is 28.8 Å². The number of nitrogens with one attached hydrogen (secondary N) is 2. The lowest BCUT2D eigenvalue weighted by Gasteiger charge is -2.14. The van der Waals surface area contributed by atoms with Crippen LogP contribution in [0.25, 0.3) is 0 Å². The van der Waals surface area contributed by atoms with Crippen LogP contribution in [0.2, 0.25) is 5.02 Å². The minimum Gasteiger partial charge on any atom is -0.377 e. The molecule has 0 aliphatic heterocycles. The molecule has 0 amide bonds. The summed E-state index contributed by atoms with van der Waals surface area (Å²) in [6, 6.07) is 4.96. The standard InChI is InChI=1S/C13H21ClN2O3S/c1-4-19-10(2)8-16-20(17,18)13-7-11(9-15-3)5-6-12(13)14/h5-7,10,15-16H,4,8-9H2,1-3H3. The molecular weight excluding hydrogens is 300 g/mol. The number of benzene rings is 1. The lowest BCUT2D eigenvalue weighted by Crippen LogP contribution is -2.32. The van der Waals surface area contributed by atoms with E-state index in [1.807, 2.05) is 13.8 Å². The van der Waals surface area contributed by atoms with Crippen LogP contribution in [-0.4, -0.2) is 34.7 Å². The largest absolute Gasteiger partial charge is 0.377 e. The van der Waals surface area contributed by atoms with Crippen molar-refractivity contribution in [3.8, 4) is 0 Å². The van der Waals surface area contributed by atoms with E-state index in [1.165, 1.54) is 0 Å². The van der Waals surface area contributed by atoms with Crippen molar-refractivity contribution in [1.29, 1.82) is 0 Å². The second-order valence-corrected chi connectivity index (χ2v) is 6.56. The molecule has 0 aromatic heterocycles. The van der Waals surface area contributed by atoms with Gasteiger partial charge in [-0.15, -0.1) is 0 Å². The summed E-state index contributed by atoms with van der Waals surface area (Å²) in [7, 11) is -1.84. The Labute approximate surface area is 125 Å². The quantitative estimate of drug-likeness (QED) is 0.766. The van der Waals surface area contributed by atoms with Gasteiger partial charge in [0.1, 0.15) is 4.90 Å². The van der Waals surface area contributed by atoms with Crippen LogP contribution >= 0.6 is 11.6 Å². The van der Waals surface area contributed by atoms with E-state index in [0.717, 1.165) is 5.56 Å². The average molecular weight is 321 g/mol. The molecular formula is C13H21ClN2O3S. The number of hydrogen-bond donors (Lipinski definition) is 2. The van der Waals surface area contributed by atoms with E-state index in [2.05, 4.69) is 10.0 Å². The van der Waals surface area contributed by atoms with Gasteiger partial charge in [0.2, 0.25) is 10.0 Å². The molecule has 0 spiro atoms. The number of rotatable bonds is 8. The highest BCUT2D eigenvalue weighted by Gasteiger charge is 2.19. The summed E-state index contributed by atoms with van der Waals surface area (Å²) in [6.45, 7) is 5.01. The van der Waals surface area contributed by atoms with Crippen molar-refractivity contribution in [1.82, 2.24) is 10.0 Å². The van der Waals surface area contributed by atoms with E-state index in [0.29, 0.717) is 13.2 Å². The lowest BCUT2D eigenvalue weighted by atomic mass is 10.2. The van der Waals surface area contributed by atoms with E-state index in [9.17, 15) is 8.42 Å². The molecule has 1 aromatic carbocycles.